The van der Waals surface area contributed by atoms with Crippen LogP contribution in [0.4, 0.5) is 0 Å². The van der Waals surface area contributed by atoms with Gasteiger partial charge in [-0.3, -0.25) is 9.79 Å². The molecule has 25 heavy (non-hydrogen) atoms. The van der Waals surface area contributed by atoms with Gasteiger partial charge in [-0.2, -0.15) is 0 Å². The van der Waals surface area contributed by atoms with E-state index < -0.39 is 0 Å². The Morgan fingerprint density at radius 3 is 3.16 bits per heavy atom. The number of amides is 1. The molecule has 2 N–H and O–H groups in total. The van der Waals surface area contributed by atoms with E-state index in [9.17, 15) is 4.79 Å². The summed E-state index contributed by atoms with van der Waals surface area (Å²) in [5.41, 5.74) is 1.31. The normalized spacial score (nSPS) is 28.1. The summed E-state index contributed by atoms with van der Waals surface area (Å²) in [5, 5.41) is 8.85. The fourth-order valence-corrected chi connectivity index (χ4v) is 4.96. The molecule has 6 nitrogen and oxygen atoms in total. The Bertz CT molecular complexity index is 659. The molecular formula is C18H26N4O2S. The van der Waals surface area contributed by atoms with Crippen molar-refractivity contribution in [3.63, 3.8) is 0 Å². The van der Waals surface area contributed by atoms with Crippen LogP contribution in [0.2, 0.25) is 0 Å². The number of thiophene rings is 1. The summed E-state index contributed by atoms with van der Waals surface area (Å²) in [4.78, 5) is 20.1. The number of rotatable bonds is 4. The highest BCUT2D eigenvalue weighted by molar-refractivity contribution is 7.10. The summed E-state index contributed by atoms with van der Waals surface area (Å²) in [7, 11) is 1.77. The second kappa shape index (κ2) is 7.33. The number of nitrogens with one attached hydrogen (secondary N) is 2. The van der Waals surface area contributed by atoms with Gasteiger partial charge in [0.15, 0.2) is 5.96 Å². The number of guanidine groups is 1. The van der Waals surface area contributed by atoms with Gasteiger partial charge >= 0.3 is 0 Å². The Balaban J connectivity index is 1.21. The van der Waals surface area contributed by atoms with Crippen molar-refractivity contribution in [3.8, 4) is 0 Å². The lowest BCUT2D eigenvalue weighted by Gasteiger charge is -2.27. The van der Waals surface area contributed by atoms with Crippen LogP contribution < -0.4 is 10.6 Å². The van der Waals surface area contributed by atoms with Crippen LogP contribution in [-0.4, -0.2) is 55.2 Å². The van der Waals surface area contributed by atoms with E-state index in [1.807, 2.05) is 4.90 Å². The average molecular weight is 362 g/mol. The maximum atomic E-state index is 12.5. The first-order chi connectivity index (χ1) is 12.2. The van der Waals surface area contributed by atoms with Gasteiger partial charge in [0.1, 0.15) is 0 Å². The van der Waals surface area contributed by atoms with Crippen molar-refractivity contribution in [1.82, 2.24) is 15.5 Å². The van der Waals surface area contributed by atoms with Crippen molar-refractivity contribution in [2.75, 3.05) is 20.1 Å². The zero-order valence-corrected chi connectivity index (χ0v) is 15.5. The highest BCUT2D eigenvalue weighted by Gasteiger charge is 2.41. The molecule has 3 aliphatic heterocycles. The molecule has 0 radical (unpaired) electrons. The third-order valence-electron chi connectivity index (χ3n) is 5.44. The average Bonchev–Trinajstić information content (AvgIpc) is 3.36. The smallest absolute Gasteiger partial charge is 0.224 e. The minimum Gasteiger partial charge on any atom is -0.373 e. The number of fused-ring (bicyclic) bond motifs is 3. The van der Waals surface area contributed by atoms with Crippen molar-refractivity contribution in [1.29, 1.82) is 0 Å². The van der Waals surface area contributed by atoms with Gasteiger partial charge in [0.2, 0.25) is 5.91 Å². The summed E-state index contributed by atoms with van der Waals surface area (Å²) < 4.78 is 5.87. The molecule has 2 fully saturated rings. The first kappa shape index (κ1) is 16.8. The van der Waals surface area contributed by atoms with E-state index in [2.05, 4.69) is 27.1 Å². The third-order valence-corrected chi connectivity index (χ3v) is 6.47. The van der Waals surface area contributed by atoms with Crippen molar-refractivity contribution in [2.24, 2.45) is 4.99 Å². The topological polar surface area (TPSA) is 66.0 Å². The van der Waals surface area contributed by atoms with Gasteiger partial charge in [0, 0.05) is 38.0 Å². The summed E-state index contributed by atoms with van der Waals surface area (Å²) in [6.07, 6.45) is 5.60. The molecule has 3 atom stereocenters. The molecule has 1 amide bonds. The molecule has 0 aromatic carbocycles. The van der Waals surface area contributed by atoms with E-state index in [-0.39, 0.29) is 5.91 Å². The molecule has 2 saturated heterocycles. The van der Waals surface area contributed by atoms with E-state index in [1.165, 1.54) is 16.9 Å². The van der Waals surface area contributed by atoms with Crippen LogP contribution in [0, 0.1) is 0 Å². The number of nitrogens with zero attached hydrogens (tertiary/aromatic N) is 2. The Labute approximate surface area is 152 Å². The lowest BCUT2D eigenvalue weighted by molar-refractivity contribution is -0.131. The number of hydrogen-bond acceptors (Lipinski definition) is 4. The SMILES string of the molecule is CN=C(NCCC(=O)N1CCc2sccc2C1)NC1CC2CCC1O2. The Hall–Kier alpha value is -1.60. The fourth-order valence-electron chi connectivity index (χ4n) is 4.07. The minimum atomic E-state index is 0.211. The maximum absolute atomic E-state index is 12.5. The summed E-state index contributed by atoms with van der Waals surface area (Å²) in [5.74, 6) is 0.982. The third kappa shape index (κ3) is 3.67. The van der Waals surface area contributed by atoms with Crippen molar-refractivity contribution < 1.29 is 9.53 Å². The molecule has 3 aliphatic rings. The molecule has 3 unspecified atom stereocenters. The van der Waals surface area contributed by atoms with Crippen LogP contribution in [0.15, 0.2) is 16.4 Å². The first-order valence-corrected chi connectivity index (χ1v) is 10.1. The van der Waals surface area contributed by atoms with E-state index in [4.69, 9.17) is 4.74 Å². The van der Waals surface area contributed by atoms with Gasteiger partial charge in [-0.15, -0.1) is 11.3 Å². The van der Waals surface area contributed by atoms with Crippen molar-refractivity contribution in [2.45, 2.75) is 56.9 Å². The van der Waals surface area contributed by atoms with Gasteiger partial charge in [0.05, 0.1) is 18.2 Å². The van der Waals surface area contributed by atoms with Gasteiger partial charge in [-0.25, -0.2) is 0 Å². The molecule has 4 rings (SSSR count). The molecule has 0 saturated carbocycles. The quantitative estimate of drug-likeness (QED) is 0.629. The summed E-state index contributed by atoms with van der Waals surface area (Å²) in [6, 6.07) is 2.49. The molecule has 136 valence electrons. The number of carbonyl (C=O) groups is 1. The van der Waals surface area contributed by atoms with Crippen LogP contribution in [0.1, 0.15) is 36.1 Å². The Morgan fingerprint density at radius 2 is 2.40 bits per heavy atom. The van der Waals surface area contributed by atoms with E-state index in [0.717, 1.165) is 38.3 Å². The standard InChI is InChI=1S/C18H26N4O2S/c1-19-18(21-14-10-13-2-3-15(14)24-13)20-7-4-17(23)22-8-5-16-12(11-22)6-9-25-16/h6,9,13-15H,2-5,7-8,10-11H2,1H3,(H2,19,20,21). The predicted molar refractivity (Wildman–Crippen MR) is 98.9 cm³/mol. The molecule has 0 spiro atoms. The molecule has 4 heterocycles. The van der Waals surface area contributed by atoms with Crippen LogP contribution in [0.5, 0.6) is 0 Å². The molecule has 2 bridgehead atoms. The van der Waals surface area contributed by atoms with Crippen LogP contribution in [0.25, 0.3) is 0 Å². The van der Waals surface area contributed by atoms with Crippen molar-refractivity contribution >= 4 is 23.2 Å². The number of ether oxygens (including phenoxy) is 1. The second-order valence-electron chi connectivity index (χ2n) is 7.04. The largest absolute Gasteiger partial charge is 0.373 e. The van der Waals surface area contributed by atoms with Crippen molar-refractivity contribution in [3.05, 3.63) is 21.9 Å². The molecule has 1 aromatic heterocycles. The number of carbonyl (C=O) groups excluding carboxylic acids is 1. The molecule has 1 aromatic rings. The van der Waals surface area contributed by atoms with Crippen LogP contribution in [-0.2, 0) is 22.5 Å². The summed E-state index contributed by atoms with van der Waals surface area (Å²) in [6.45, 7) is 2.20. The van der Waals surface area contributed by atoms with E-state index in [1.54, 1.807) is 18.4 Å². The molecule has 0 aliphatic carbocycles. The lowest BCUT2D eigenvalue weighted by atomic mass is 9.96. The van der Waals surface area contributed by atoms with Crippen LogP contribution in [0.3, 0.4) is 0 Å². The zero-order valence-electron chi connectivity index (χ0n) is 14.7. The summed E-state index contributed by atoms with van der Waals surface area (Å²) >= 11 is 1.80. The molecular weight excluding hydrogens is 336 g/mol. The van der Waals surface area contributed by atoms with E-state index >= 15 is 0 Å². The zero-order chi connectivity index (χ0) is 17.2. The lowest BCUT2D eigenvalue weighted by Crippen LogP contribution is -2.48. The van der Waals surface area contributed by atoms with E-state index in [0.29, 0.717) is 31.2 Å². The Morgan fingerprint density at radius 1 is 1.48 bits per heavy atom. The first-order valence-electron chi connectivity index (χ1n) is 9.18. The van der Waals surface area contributed by atoms with Gasteiger partial charge in [-0.05, 0) is 42.7 Å². The number of aliphatic imine (C=N–C) groups is 1. The predicted octanol–water partition coefficient (Wildman–Crippen LogP) is 1.51. The monoisotopic (exact) mass is 362 g/mol. The van der Waals surface area contributed by atoms with Crippen LogP contribution >= 0.6 is 11.3 Å². The highest BCUT2D eigenvalue weighted by atomic mass is 32.1. The number of hydrogen-bond donors (Lipinski definition) is 2. The molecule has 7 heteroatoms. The maximum Gasteiger partial charge on any atom is 0.224 e. The van der Waals surface area contributed by atoms with Gasteiger partial charge < -0.3 is 20.3 Å². The highest BCUT2D eigenvalue weighted by Crippen LogP contribution is 2.34. The fraction of sp³-hybridized carbons (Fsp3) is 0.667. The van der Waals surface area contributed by atoms with Gasteiger partial charge in [0.25, 0.3) is 0 Å². The minimum absolute atomic E-state index is 0.211. The second-order valence-corrected chi connectivity index (χ2v) is 8.04. The van der Waals surface area contributed by atoms with Gasteiger partial charge in [-0.1, -0.05) is 0 Å². The Kier molecular flexibility index (Phi) is 4.94.